The first-order valence-corrected chi connectivity index (χ1v) is 10.4. The molecular formula is C19H20N2O9S. The zero-order valence-corrected chi connectivity index (χ0v) is 16.9. The fraction of sp³-hybridized carbons (Fsp3) is 0.421. The summed E-state index contributed by atoms with van der Waals surface area (Å²) in [6, 6.07) is 7.34. The number of nitrogens with zero attached hydrogens (tertiary/aromatic N) is 1. The molecule has 1 aromatic carbocycles. The van der Waals surface area contributed by atoms with Gasteiger partial charge < -0.3 is 25.0 Å². The minimum Gasteiger partial charge on any atom is -0.484 e. The average Bonchev–Trinajstić information content (AvgIpc) is 3.19. The van der Waals surface area contributed by atoms with Gasteiger partial charge in [-0.1, -0.05) is 18.2 Å². The Morgan fingerprint density at radius 1 is 1.26 bits per heavy atom. The minimum absolute atomic E-state index is 0.145. The van der Waals surface area contributed by atoms with Crippen molar-refractivity contribution in [2.24, 2.45) is 5.92 Å². The minimum atomic E-state index is -2.13. The number of Topliss-reactive ketones (excluding diaryl/α,β-unsaturated/α-hetero) is 1. The Kier molecular flexibility index (Phi) is 7.13. The third-order valence-electron chi connectivity index (χ3n) is 4.71. The number of para-hydroxylation sites is 1. The molecule has 2 aliphatic rings. The number of hydrogen-bond donors (Lipinski definition) is 3. The second kappa shape index (κ2) is 9.79. The first-order valence-electron chi connectivity index (χ1n) is 9.31. The summed E-state index contributed by atoms with van der Waals surface area (Å²) in [5.74, 6) is -4.85. The summed E-state index contributed by atoms with van der Waals surface area (Å²) in [5, 5.41) is 20.2. The van der Waals surface area contributed by atoms with Crippen LogP contribution in [-0.2, 0) is 28.7 Å². The molecule has 0 radical (unpaired) electrons. The normalized spacial score (nSPS) is 23.5. The zero-order valence-electron chi connectivity index (χ0n) is 16.1. The lowest BCUT2D eigenvalue weighted by atomic mass is 10.0. The maximum absolute atomic E-state index is 12.4. The zero-order chi connectivity index (χ0) is 22.5. The SMILES string of the molecule is O=C(COc1ccccc1)N[C@@H]1C(=O)N(C(O)C(=O)O)[C@@H]1SCC(=O)C1CCOC1=O. The highest BCUT2D eigenvalue weighted by atomic mass is 32.2. The number of ether oxygens (including phenoxy) is 2. The molecule has 0 bridgehead atoms. The quantitative estimate of drug-likeness (QED) is 0.228. The van der Waals surface area contributed by atoms with Gasteiger partial charge in [-0.25, -0.2) is 4.79 Å². The molecule has 2 heterocycles. The van der Waals surface area contributed by atoms with Crippen LogP contribution in [-0.4, -0.2) is 81.3 Å². The van der Waals surface area contributed by atoms with Crippen LogP contribution in [0, 0.1) is 5.92 Å². The van der Waals surface area contributed by atoms with E-state index in [1.807, 2.05) is 0 Å². The Balaban J connectivity index is 1.60. The number of carbonyl (C=O) groups is 5. The Bertz CT molecular complexity index is 878. The van der Waals surface area contributed by atoms with E-state index in [0.29, 0.717) is 10.6 Å². The topological polar surface area (TPSA) is 160 Å². The molecule has 2 unspecified atom stereocenters. The number of aliphatic carboxylic acids is 1. The number of carbonyl (C=O) groups excluding carboxylic acids is 4. The molecule has 4 atom stereocenters. The summed E-state index contributed by atoms with van der Waals surface area (Å²) in [6.07, 6.45) is -1.88. The van der Waals surface area contributed by atoms with E-state index >= 15 is 0 Å². The van der Waals surface area contributed by atoms with Crippen molar-refractivity contribution in [3.63, 3.8) is 0 Å². The Morgan fingerprint density at radius 2 is 1.97 bits per heavy atom. The number of benzene rings is 1. The molecule has 0 spiro atoms. The lowest BCUT2D eigenvalue weighted by Gasteiger charge is -2.47. The van der Waals surface area contributed by atoms with Crippen molar-refractivity contribution in [3.8, 4) is 5.75 Å². The largest absolute Gasteiger partial charge is 0.484 e. The van der Waals surface area contributed by atoms with Crippen molar-refractivity contribution < 1.29 is 43.7 Å². The van der Waals surface area contributed by atoms with Gasteiger partial charge in [0.2, 0.25) is 6.23 Å². The first kappa shape index (κ1) is 22.6. The van der Waals surface area contributed by atoms with Crippen molar-refractivity contribution in [2.75, 3.05) is 19.0 Å². The maximum atomic E-state index is 12.4. The van der Waals surface area contributed by atoms with Crippen LogP contribution < -0.4 is 10.1 Å². The number of hydrogen-bond acceptors (Lipinski definition) is 9. The molecule has 166 valence electrons. The van der Waals surface area contributed by atoms with E-state index in [9.17, 15) is 29.1 Å². The monoisotopic (exact) mass is 452 g/mol. The number of carboxylic acid groups (broad SMARTS) is 1. The van der Waals surface area contributed by atoms with Crippen molar-refractivity contribution in [1.29, 1.82) is 0 Å². The van der Waals surface area contributed by atoms with Crippen LogP contribution in [0.1, 0.15) is 6.42 Å². The van der Waals surface area contributed by atoms with E-state index in [1.54, 1.807) is 30.3 Å². The molecule has 2 amide bonds. The molecule has 2 fully saturated rings. The molecule has 12 heteroatoms. The highest BCUT2D eigenvalue weighted by Gasteiger charge is 2.53. The third-order valence-corrected chi connectivity index (χ3v) is 6.01. The Labute approximate surface area is 180 Å². The molecule has 11 nitrogen and oxygen atoms in total. The standard InChI is InChI=1S/C19H20N2O9S/c22-12(11-6-7-29-19(11)28)9-31-17-14(15(24)21(17)16(25)18(26)27)20-13(23)8-30-10-4-2-1-3-5-10/h1-5,11,14,16-17,25H,6-9H2,(H,20,23)(H,26,27)/t11?,14-,16?,17-/m1/s1. The van der Waals surface area contributed by atoms with Crippen molar-refractivity contribution in [3.05, 3.63) is 30.3 Å². The second-order valence-electron chi connectivity index (χ2n) is 6.78. The van der Waals surface area contributed by atoms with Crippen LogP contribution in [0.5, 0.6) is 5.75 Å². The predicted molar refractivity (Wildman–Crippen MR) is 105 cm³/mol. The van der Waals surface area contributed by atoms with Crippen LogP contribution in [0.3, 0.4) is 0 Å². The van der Waals surface area contributed by atoms with Gasteiger partial charge in [-0.2, -0.15) is 0 Å². The fourth-order valence-electron chi connectivity index (χ4n) is 3.11. The van der Waals surface area contributed by atoms with Gasteiger partial charge in [0.15, 0.2) is 12.4 Å². The molecule has 3 N–H and O–H groups in total. The number of carboxylic acids is 1. The number of amides is 2. The number of aliphatic hydroxyl groups excluding tert-OH is 1. The fourth-order valence-corrected chi connectivity index (χ4v) is 4.40. The summed E-state index contributed by atoms with van der Waals surface area (Å²) in [5.41, 5.74) is 0. The number of likely N-dealkylation sites (tertiary alicyclic amines) is 1. The lowest BCUT2D eigenvalue weighted by molar-refractivity contribution is -0.178. The van der Waals surface area contributed by atoms with E-state index in [4.69, 9.17) is 14.6 Å². The summed E-state index contributed by atoms with van der Waals surface area (Å²) in [7, 11) is 0. The van der Waals surface area contributed by atoms with Crippen molar-refractivity contribution in [1.82, 2.24) is 10.2 Å². The first-order chi connectivity index (χ1) is 14.8. The molecule has 2 saturated heterocycles. The molecule has 0 saturated carbocycles. The van der Waals surface area contributed by atoms with Crippen molar-refractivity contribution in [2.45, 2.75) is 24.1 Å². The highest BCUT2D eigenvalue weighted by Crippen LogP contribution is 2.33. The van der Waals surface area contributed by atoms with Gasteiger partial charge in [0.25, 0.3) is 11.8 Å². The molecule has 1 aromatic rings. The lowest BCUT2D eigenvalue weighted by Crippen LogP contribution is -2.73. The highest BCUT2D eigenvalue weighted by molar-refractivity contribution is 8.00. The number of thioether (sulfide) groups is 1. The number of cyclic esters (lactones) is 1. The average molecular weight is 452 g/mol. The van der Waals surface area contributed by atoms with Crippen LogP contribution in [0.15, 0.2) is 30.3 Å². The summed E-state index contributed by atoms with van der Waals surface area (Å²) < 4.78 is 10.1. The van der Waals surface area contributed by atoms with Crippen LogP contribution in [0.25, 0.3) is 0 Å². The van der Waals surface area contributed by atoms with Crippen LogP contribution in [0.4, 0.5) is 0 Å². The number of β-lactam (4-membered cyclic amide) rings is 1. The van der Waals surface area contributed by atoms with E-state index in [0.717, 1.165) is 11.8 Å². The number of esters is 1. The van der Waals surface area contributed by atoms with Gasteiger partial charge in [0.1, 0.15) is 23.1 Å². The van der Waals surface area contributed by atoms with E-state index in [1.165, 1.54) is 0 Å². The van der Waals surface area contributed by atoms with Gasteiger partial charge in [0.05, 0.1) is 12.4 Å². The van der Waals surface area contributed by atoms with Gasteiger partial charge >= 0.3 is 11.9 Å². The molecule has 3 rings (SSSR count). The molecule has 0 aromatic heterocycles. The van der Waals surface area contributed by atoms with Crippen LogP contribution >= 0.6 is 11.8 Å². The molecule has 31 heavy (non-hydrogen) atoms. The number of ketones is 1. The van der Waals surface area contributed by atoms with E-state index in [-0.39, 0.29) is 25.4 Å². The second-order valence-corrected chi connectivity index (χ2v) is 7.89. The smallest absolute Gasteiger partial charge is 0.354 e. The predicted octanol–water partition coefficient (Wildman–Crippen LogP) is -1.01. The summed E-state index contributed by atoms with van der Waals surface area (Å²) in [4.78, 5) is 60.1. The summed E-state index contributed by atoms with van der Waals surface area (Å²) in [6.45, 7) is -0.245. The Hall–Kier alpha value is -3.12. The molecule has 2 aliphatic heterocycles. The van der Waals surface area contributed by atoms with Crippen LogP contribution in [0.2, 0.25) is 0 Å². The van der Waals surface area contributed by atoms with Crippen molar-refractivity contribution >= 4 is 41.3 Å². The van der Waals surface area contributed by atoms with E-state index < -0.39 is 53.1 Å². The summed E-state index contributed by atoms with van der Waals surface area (Å²) >= 11 is 0.851. The van der Waals surface area contributed by atoms with Gasteiger partial charge in [-0.05, 0) is 12.1 Å². The van der Waals surface area contributed by atoms with Gasteiger partial charge in [-0.3, -0.25) is 24.1 Å². The number of nitrogens with one attached hydrogen (secondary N) is 1. The number of rotatable bonds is 10. The third kappa shape index (κ3) is 5.14. The molecular weight excluding hydrogens is 432 g/mol. The molecule has 0 aliphatic carbocycles. The number of aliphatic hydroxyl groups is 1. The van der Waals surface area contributed by atoms with E-state index in [2.05, 4.69) is 5.32 Å². The maximum Gasteiger partial charge on any atom is 0.354 e. The van der Waals surface area contributed by atoms with Gasteiger partial charge in [0, 0.05) is 6.42 Å². The van der Waals surface area contributed by atoms with Gasteiger partial charge in [-0.15, -0.1) is 11.8 Å². The Morgan fingerprint density at radius 3 is 2.58 bits per heavy atom.